The van der Waals surface area contributed by atoms with Crippen LogP contribution < -0.4 is 5.73 Å². The van der Waals surface area contributed by atoms with Crippen LogP contribution in [-0.4, -0.2) is 14.8 Å². The minimum atomic E-state index is -0.174. The van der Waals surface area contributed by atoms with Crippen molar-refractivity contribution in [1.82, 2.24) is 14.8 Å². The van der Waals surface area contributed by atoms with Crippen molar-refractivity contribution in [2.24, 2.45) is 5.73 Å². The van der Waals surface area contributed by atoms with E-state index in [-0.39, 0.29) is 12.1 Å². The number of hydrogen-bond acceptors (Lipinski definition) is 3. The minimum Gasteiger partial charge on any atom is -0.322 e. The Kier molecular flexibility index (Phi) is 3.99. The van der Waals surface area contributed by atoms with Crippen molar-refractivity contribution < 1.29 is 0 Å². The lowest BCUT2D eigenvalue weighted by Crippen LogP contribution is -2.20. The van der Waals surface area contributed by atoms with E-state index in [0.29, 0.717) is 11.4 Å². The molecule has 0 spiro atoms. The van der Waals surface area contributed by atoms with E-state index < -0.39 is 0 Å². The van der Waals surface area contributed by atoms with Gasteiger partial charge >= 0.3 is 0 Å². The number of nitrogens with zero attached hydrogens (tertiary/aromatic N) is 3. The molecular formula is C13H17ClN4. The summed E-state index contributed by atoms with van der Waals surface area (Å²) in [5, 5.41) is 4.89. The molecule has 18 heavy (non-hydrogen) atoms. The van der Waals surface area contributed by atoms with Crippen LogP contribution in [0.25, 0.3) is 0 Å². The molecule has 0 aliphatic rings. The number of halogens is 1. The predicted molar refractivity (Wildman–Crippen MR) is 72.5 cm³/mol. The van der Waals surface area contributed by atoms with Gasteiger partial charge in [-0.15, -0.1) is 0 Å². The Hall–Kier alpha value is -1.39. The summed E-state index contributed by atoms with van der Waals surface area (Å²) < 4.78 is 1.88. The third-order valence-corrected chi connectivity index (χ3v) is 3.10. The van der Waals surface area contributed by atoms with Gasteiger partial charge in [-0.3, -0.25) is 9.67 Å². The van der Waals surface area contributed by atoms with Gasteiger partial charge in [0.2, 0.25) is 0 Å². The summed E-state index contributed by atoms with van der Waals surface area (Å²) in [7, 11) is 0. The lowest BCUT2D eigenvalue weighted by atomic mass is 10.1. The smallest absolute Gasteiger partial charge is 0.0834 e. The van der Waals surface area contributed by atoms with E-state index in [4.69, 9.17) is 17.3 Å². The number of rotatable bonds is 4. The molecule has 2 N–H and O–H groups in total. The van der Waals surface area contributed by atoms with E-state index in [9.17, 15) is 0 Å². The van der Waals surface area contributed by atoms with Crippen LogP contribution in [-0.2, 0) is 6.42 Å². The Balaban J connectivity index is 2.23. The van der Waals surface area contributed by atoms with E-state index in [1.807, 2.05) is 23.0 Å². The maximum absolute atomic E-state index is 6.24. The summed E-state index contributed by atoms with van der Waals surface area (Å²) in [5.74, 6) is 0. The first-order chi connectivity index (χ1) is 8.59. The second-order valence-electron chi connectivity index (χ2n) is 4.59. The number of aromatic nitrogens is 3. The average Bonchev–Trinajstić information content (AvgIpc) is 2.72. The lowest BCUT2D eigenvalue weighted by Gasteiger charge is -2.17. The van der Waals surface area contributed by atoms with Gasteiger partial charge in [-0.1, -0.05) is 17.7 Å². The number of nitrogens with two attached hydrogens (primary N) is 1. The van der Waals surface area contributed by atoms with Crippen molar-refractivity contribution in [3.63, 3.8) is 0 Å². The summed E-state index contributed by atoms with van der Waals surface area (Å²) >= 11 is 6.17. The van der Waals surface area contributed by atoms with Gasteiger partial charge in [0.15, 0.2) is 0 Å². The summed E-state index contributed by atoms with van der Waals surface area (Å²) in [5.41, 5.74) is 8.22. The third-order valence-electron chi connectivity index (χ3n) is 2.81. The molecule has 1 atom stereocenters. The molecule has 0 aromatic carbocycles. The zero-order valence-electron chi connectivity index (χ0n) is 10.5. The second kappa shape index (κ2) is 5.50. The van der Waals surface area contributed by atoms with Crippen LogP contribution in [0.1, 0.15) is 37.2 Å². The van der Waals surface area contributed by atoms with E-state index in [1.54, 1.807) is 12.4 Å². The quantitative estimate of drug-likeness (QED) is 0.924. The van der Waals surface area contributed by atoms with Crippen LogP contribution in [0.5, 0.6) is 0 Å². The van der Waals surface area contributed by atoms with E-state index in [1.165, 1.54) is 0 Å². The Morgan fingerprint density at radius 1 is 1.39 bits per heavy atom. The highest BCUT2D eigenvalue weighted by Crippen LogP contribution is 2.26. The molecule has 0 aliphatic carbocycles. The molecule has 2 aromatic rings. The van der Waals surface area contributed by atoms with Gasteiger partial charge in [0.25, 0.3) is 0 Å². The molecule has 5 heteroatoms. The second-order valence-corrected chi connectivity index (χ2v) is 5.00. The first-order valence-corrected chi connectivity index (χ1v) is 6.34. The first kappa shape index (κ1) is 13.1. The molecule has 2 rings (SSSR count). The molecule has 0 radical (unpaired) electrons. The zero-order valence-corrected chi connectivity index (χ0v) is 11.3. The highest BCUT2D eigenvalue weighted by molar-refractivity contribution is 6.31. The Labute approximate surface area is 112 Å². The fourth-order valence-corrected chi connectivity index (χ4v) is 2.25. The molecule has 0 bridgehead atoms. The molecule has 2 aromatic heterocycles. The number of pyridine rings is 1. The van der Waals surface area contributed by atoms with Crippen LogP contribution in [0.3, 0.4) is 0 Å². The van der Waals surface area contributed by atoms with Gasteiger partial charge in [0.1, 0.15) is 0 Å². The van der Waals surface area contributed by atoms with Crippen LogP contribution in [0.2, 0.25) is 5.02 Å². The Morgan fingerprint density at radius 2 is 2.17 bits per heavy atom. The molecule has 0 saturated heterocycles. The highest BCUT2D eigenvalue weighted by atomic mass is 35.5. The van der Waals surface area contributed by atoms with Gasteiger partial charge in [0.05, 0.1) is 23.0 Å². The molecule has 1 unspecified atom stereocenters. The van der Waals surface area contributed by atoms with Gasteiger partial charge < -0.3 is 5.73 Å². The van der Waals surface area contributed by atoms with Crippen molar-refractivity contribution in [1.29, 1.82) is 0 Å². The lowest BCUT2D eigenvalue weighted by molar-refractivity contribution is 0.485. The van der Waals surface area contributed by atoms with Crippen molar-refractivity contribution in [2.45, 2.75) is 32.4 Å². The van der Waals surface area contributed by atoms with E-state index in [0.717, 1.165) is 11.3 Å². The molecule has 2 heterocycles. The SMILES string of the molecule is CC(C)n1ncc(Cl)c1C(N)Cc1cccnc1. The number of hydrogen-bond donors (Lipinski definition) is 1. The third kappa shape index (κ3) is 2.71. The molecule has 0 saturated carbocycles. The monoisotopic (exact) mass is 264 g/mol. The largest absolute Gasteiger partial charge is 0.322 e. The van der Waals surface area contributed by atoms with E-state index in [2.05, 4.69) is 23.9 Å². The first-order valence-electron chi connectivity index (χ1n) is 5.97. The summed E-state index contributed by atoms with van der Waals surface area (Å²) in [6, 6.07) is 3.99. The average molecular weight is 265 g/mol. The summed E-state index contributed by atoms with van der Waals surface area (Å²) in [6.07, 6.45) is 5.93. The Bertz CT molecular complexity index is 507. The normalized spacial score (nSPS) is 12.9. The molecule has 4 nitrogen and oxygen atoms in total. The van der Waals surface area contributed by atoms with Crippen molar-refractivity contribution in [3.8, 4) is 0 Å². The highest BCUT2D eigenvalue weighted by Gasteiger charge is 2.18. The molecule has 0 fully saturated rings. The molecule has 96 valence electrons. The molecular weight excluding hydrogens is 248 g/mol. The fraction of sp³-hybridized carbons (Fsp3) is 0.385. The molecule has 0 amide bonds. The maximum atomic E-state index is 6.24. The standard InChI is InChI=1S/C13H17ClN4/c1-9(2)18-13(11(14)8-17-18)12(15)6-10-4-3-5-16-7-10/h3-5,7-9,12H,6,15H2,1-2H3. The summed E-state index contributed by atoms with van der Waals surface area (Å²) in [6.45, 7) is 4.12. The fourth-order valence-electron chi connectivity index (χ4n) is 1.98. The van der Waals surface area contributed by atoms with Crippen molar-refractivity contribution in [2.75, 3.05) is 0 Å². The maximum Gasteiger partial charge on any atom is 0.0834 e. The van der Waals surface area contributed by atoms with Crippen LogP contribution in [0.15, 0.2) is 30.7 Å². The van der Waals surface area contributed by atoms with E-state index >= 15 is 0 Å². The van der Waals surface area contributed by atoms with Gasteiger partial charge in [-0.05, 0) is 31.9 Å². The van der Waals surface area contributed by atoms with Gasteiger partial charge in [-0.2, -0.15) is 5.10 Å². The van der Waals surface area contributed by atoms with Crippen LogP contribution in [0, 0.1) is 0 Å². The van der Waals surface area contributed by atoms with Crippen molar-refractivity contribution >= 4 is 11.6 Å². The Morgan fingerprint density at radius 3 is 2.78 bits per heavy atom. The predicted octanol–water partition coefficient (Wildman–Crippen LogP) is 2.75. The van der Waals surface area contributed by atoms with Gasteiger partial charge in [-0.25, -0.2) is 0 Å². The molecule has 0 aliphatic heterocycles. The van der Waals surface area contributed by atoms with Crippen LogP contribution in [0.4, 0.5) is 0 Å². The zero-order chi connectivity index (χ0) is 13.1. The topological polar surface area (TPSA) is 56.7 Å². The van der Waals surface area contributed by atoms with Gasteiger partial charge in [0, 0.05) is 18.4 Å². The van der Waals surface area contributed by atoms with Crippen molar-refractivity contribution in [3.05, 3.63) is 47.0 Å². The summed E-state index contributed by atoms with van der Waals surface area (Å²) in [4.78, 5) is 4.09. The van der Waals surface area contributed by atoms with Crippen LogP contribution >= 0.6 is 11.6 Å². The minimum absolute atomic E-state index is 0.174.